The predicted octanol–water partition coefficient (Wildman–Crippen LogP) is 3.81. The van der Waals surface area contributed by atoms with E-state index in [1.807, 2.05) is 0 Å². The smallest absolute Gasteiger partial charge is 0.139 e. The van der Waals surface area contributed by atoms with Crippen LogP contribution in [0.25, 0.3) is 0 Å². The molecule has 1 atom stereocenters. The van der Waals surface area contributed by atoms with Gasteiger partial charge in [-0.2, -0.15) is 0 Å². The average Bonchev–Trinajstić information content (AvgIpc) is 2.39. The van der Waals surface area contributed by atoms with E-state index in [1.165, 1.54) is 6.07 Å². The van der Waals surface area contributed by atoms with Gasteiger partial charge in [0, 0.05) is 18.8 Å². The first-order valence-corrected chi connectivity index (χ1v) is 7.73. The summed E-state index contributed by atoms with van der Waals surface area (Å²) in [7, 11) is 0. The second-order valence-corrected chi connectivity index (χ2v) is 6.13. The number of anilines is 1. The Kier molecular flexibility index (Phi) is 8.11. The Balaban J connectivity index is 2.16. The Morgan fingerprint density at radius 2 is 2.15 bits per heavy atom. The highest BCUT2D eigenvalue weighted by Gasteiger charge is 2.06. The molecule has 0 aliphatic heterocycles. The Labute approximate surface area is 128 Å². The molecule has 1 unspecified atom stereocenters. The summed E-state index contributed by atoms with van der Waals surface area (Å²) < 4.78 is 19.1. The fourth-order valence-corrected chi connectivity index (χ4v) is 1.96. The van der Waals surface area contributed by atoms with Crippen LogP contribution in [0.2, 0.25) is 0 Å². The highest BCUT2D eigenvalue weighted by Crippen LogP contribution is 2.19. The molecule has 0 heterocycles. The van der Waals surface area contributed by atoms with Gasteiger partial charge in [-0.15, -0.1) is 0 Å². The summed E-state index contributed by atoms with van der Waals surface area (Å²) in [6, 6.07) is 4.77. The number of aliphatic hydroxyl groups is 1. The topological polar surface area (TPSA) is 41.5 Å². The quantitative estimate of drug-likeness (QED) is 0.667. The van der Waals surface area contributed by atoms with Gasteiger partial charge in [-0.1, -0.05) is 13.8 Å². The average molecular weight is 348 g/mol. The number of rotatable bonds is 9. The molecule has 0 saturated heterocycles. The van der Waals surface area contributed by atoms with Crippen molar-refractivity contribution in [1.29, 1.82) is 0 Å². The maximum atomic E-state index is 13.3. The van der Waals surface area contributed by atoms with Crippen LogP contribution >= 0.6 is 15.9 Å². The molecule has 2 N–H and O–H groups in total. The lowest BCUT2D eigenvalue weighted by Crippen LogP contribution is -2.25. The van der Waals surface area contributed by atoms with Gasteiger partial charge in [-0.3, -0.25) is 0 Å². The first kappa shape index (κ1) is 17.4. The molecule has 1 rings (SSSR count). The lowest BCUT2D eigenvalue weighted by atomic mass is 10.1. The molecular weight excluding hydrogens is 325 g/mol. The van der Waals surface area contributed by atoms with Gasteiger partial charge in [0.25, 0.3) is 0 Å². The van der Waals surface area contributed by atoms with E-state index in [2.05, 4.69) is 35.1 Å². The summed E-state index contributed by atoms with van der Waals surface area (Å²) in [5, 5.41) is 12.7. The second-order valence-electron chi connectivity index (χ2n) is 5.27. The van der Waals surface area contributed by atoms with Crippen molar-refractivity contribution in [2.45, 2.75) is 32.8 Å². The minimum atomic E-state index is -0.597. The third-order valence-corrected chi connectivity index (χ3v) is 3.48. The molecule has 0 spiro atoms. The van der Waals surface area contributed by atoms with Crippen LogP contribution < -0.4 is 5.32 Å². The normalized spacial score (nSPS) is 12.7. The van der Waals surface area contributed by atoms with Gasteiger partial charge < -0.3 is 15.2 Å². The number of nitrogens with one attached hydrogen (secondary N) is 1. The molecule has 0 bridgehead atoms. The molecule has 0 fully saturated rings. The summed E-state index contributed by atoms with van der Waals surface area (Å²) in [4.78, 5) is 0. The summed E-state index contributed by atoms with van der Waals surface area (Å²) in [6.07, 6.45) is 1.54. The van der Waals surface area contributed by atoms with Crippen molar-refractivity contribution in [3.8, 4) is 0 Å². The second kappa shape index (κ2) is 9.32. The summed E-state index contributed by atoms with van der Waals surface area (Å²) in [5.74, 6) is 0.354. The van der Waals surface area contributed by atoms with Crippen LogP contribution in [0.3, 0.4) is 0 Å². The largest absolute Gasteiger partial charge is 0.389 e. The molecule has 5 heteroatoms. The van der Waals surface area contributed by atoms with E-state index in [4.69, 9.17) is 4.74 Å². The number of ether oxygens (including phenoxy) is 1. The number of halogens is 2. The van der Waals surface area contributed by atoms with Crippen molar-refractivity contribution in [2.75, 3.05) is 25.1 Å². The number of benzene rings is 1. The zero-order valence-corrected chi connectivity index (χ0v) is 13.6. The fraction of sp³-hybridized carbons (Fsp3) is 0.600. The number of hydrogen-bond acceptors (Lipinski definition) is 3. The lowest BCUT2D eigenvalue weighted by molar-refractivity contribution is 0.0409. The van der Waals surface area contributed by atoms with Gasteiger partial charge in [0.2, 0.25) is 0 Å². The van der Waals surface area contributed by atoms with E-state index in [0.717, 1.165) is 12.8 Å². The zero-order valence-electron chi connectivity index (χ0n) is 12.0. The van der Waals surface area contributed by atoms with Crippen LogP contribution in [0.4, 0.5) is 10.1 Å². The van der Waals surface area contributed by atoms with Crippen molar-refractivity contribution >= 4 is 21.6 Å². The highest BCUT2D eigenvalue weighted by molar-refractivity contribution is 9.10. The Morgan fingerprint density at radius 3 is 2.80 bits per heavy atom. The van der Waals surface area contributed by atoms with Gasteiger partial charge in [0.15, 0.2) is 0 Å². The maximum Gasteiger partial charge on any atom is 0.139 e. The van der Waals surface area contributed by atoms with Crippen molar-refractivity contribution < 1.29 is 14.2 Å². The number of aliphatic hydroxyl groups excluding tert-OH is 1. The van der Waals surface area contributed by atoms with Crippen LogP contribution in [-0.2, 0) is 4.74 Å². The van der Waals surface area contributed by atoms with Crippen LogP contribution in [0.5, 0.6) is 0 Å². The van der Waals surface area contributed by atoms with Crippen molar-refractivity contribution in [1.82, 2.24) is 0 Å². The van der Waals surface area contributed by atoms with Gasteiger partial charge in [-0.05, 0) is 52.9 Å². The molecule has 3 nitrogen and oxygen atoms in total. The molecule has 0 aromatic heterocycles. The third-order valence-electron chi connectivity index (χ3n) is 2.84. The van der Waals surface area contributed by atoms with E-state index < -0.39 is 6.10 Å². The van der Waals surface area contributed by atoms with E-state index in [0.29, 0.717) is 35.8 Å². The number of hydrogen-bond donors (Lipinski definition) is 2. The van der Waals surface area contributed by atoms with Gasteiger partial charge in [-0.25, -0.2) is 4.39 Å². The van der Waals surface area contributed by atoms with E-state index in [-0.39, 0.29) is 5.82 Å². The molecule has 0 radical (unpaired) electrons. The van der Waals surface area contributed by atoms with Crippen molar-refractivity contribution in [2.24, 2.45) is 5.92 Å². The predicted molar refractivity (Wildman–Crippen MR) is 83.5 cm³/mol. The third kappa shape index (κ3) is 7.22. The molecule has 0 aliphatic carbocycles. The molecular formula is C15H23BrFNO2. The van der Waals surface area contributed by atoms with Gasteiger partial charge in [0.1, 0.15) is 5.82 Å². The Morgan fingerprint density at radius 1 is 1.40 bits per heavy atom. The van der Waals surface area contributed by atoms with Crippen molar-refractivity contribution in [3.63, 3.8) is 0 Å². The van der Waals surface area contributed by atoms with E-state index in [9.17, 15) is 9.50 Å². The van der Waals surface area contributed by atoms with E-state index >= 15 is 0 Å². The molecule has 1 aromatic carbocycles. The first-order valence-electron chi connectivity index (χ1n) is 6.93. The SMILES string of the molecule is CC(C)CCCOCC(O)CNc1ccc(Br)c(F)c1. The zero-order chi connectivity index (χ0) is 15.0. The molecule has 20 heavy (non-hydrogen) atoms. The molecule has 114 valence electrons. The monoisotopic (exact) mass is 347 g/mol. The van der Waals surface area contributed by atoms with Crippen LogP contribution in [0.15, 0.2) is 22.7 Å². The van der Waals surface area contributed by atoms with Gasteiger partial charge in [0.05, 0.1) is 17.2 Å². The summed E-state index contributed by atoms with van der Waals surface area (Å²) in [6.45, 7) is 5.66. The molecule has 1 aromatic rings. The maximum absolute atomic E-state index is 13.3. The summed E-state index contributed by atoms with van der Waals surface area (Å²) >= 11 is 3.10. The van der Waals surface area contributed by atoms with Crippen LogP contribution in [0.1, 0.15) is 26.7 Å². The van der Waals surface area contributed by atoms with Crippen LogP contribution in [-0.4, -0.2) is 31.0 Å². The Hall–Kier alpha value is -0.650. The fourth-order valence-electron chi connectivity index (χ4n) is 1.71. The Bertz CT molecular complexity index is 401. The molecule has 0 saturated carbocycles. The minimum absolute atomic E-state index is 0.296. The molecule has 0 aliphatic rings. The van der Waals surface area contributed by atoms with Gasteiger partial charge >= 0.3 is 0 Å². The van der Waals surface area contributed by atoms with E-state index in [1.54, 1.807) is 12.1 Å². The minimum Gasteiger partial charge on any atom is -0.389 e. The van der Waals surface area contributed by atoms with Crippen molar-refractivity contribution in [3.05, 3.63) is 28.5 Å². The standard InChI is InChI=1S/C15H23BrFNO2/c1-11(2)4-3-7-20-10-13(19)9-18-12-5-6-14(16)15(17)8-12/h5-6,8,11,13,18-19H,3-4,7,9-10H2,1-2H3. The summed E-state index contributed by atoms with van der Waals surface area (Å²) in [5.41, 5.74) is 0.643. The first-order chi connectivity index (χ1) is 9.49. The van der Waals surface area contributed by atoms with Crippen LogP contribution in [0, 0.1) is 11.7 Å². The lowest BCUT2D eigenvalue weighted by Gasteiger charge is -2.14. The molecule has 0 amide bonds. The highest BCUT2D eigenvalue weighted by atomic mass is 79.9.